The van der Waals surface area contributed by atoms with E-state index in [0.717, 1.165) is 0 Å². The SMILES string of the molecule is COCCOc1ccc(NC(=O)NCC(c2cccs2)N(C)C)cn1. The largest absolute Gasteiger partial charge is 0.475 e. The van der Waals surface area contributed by atoms with E-state index in [2.05, 4.69) is 26.6 Å². The van der Waals surface area contributed by atoms with Gasteiger partial charge in [-0.15, -0.1) is 11.3 Å². The van der Waals surface area contributed by atoms with Gasteiger partial charge in [0.25, 0.3) is 0 Å². The van der Waals surface area contributed by atoms with Crippen molar-refractivity contribution in [3.8, 4) is 5.88 Å². The summed E-state index contributed by atoms with van der Waals surface area (Å²) in [6.45, 7) is 1.46. The summed E-state index contributed by atoms with van der Waals surface area (Å²) < 4.78 is 10.3. The van der Waals surface area contributed by atoms with E-state index >= 15 is 0 Å². The number of ether oxygens (including phenoxy) is 2. The molecule has 2 rings (SSSR count). The summed E-state index contributed by atoms with van der Waals surface area (Å²) in [6, 6.07) is 7.41. The standard InChI is InChI=1S/C17H24N4O3S/c1-21(2)14(15-5-4-10-25-15)12-19-17(22)20-13-6-7-16(18-11-13)24-9-8-23-3/h4-7,10-11,14H,8-9,12H2,1-3H3,(H2,19,20,22). The molecule has 0 aliphatic carbocycles. The van der Waals surface area contributed by atoms with Gasteiger partial charge in [-0.3, -0.25) is 0 Å². The van der Waals surface area contributed by atoms with Gasteiger partial charge < -0.3 is 25.0 Å². The van der Waals surface area contributed by atoms with Gasteiger partial charge in [0, 0.05) is 24.6 Å². The van der Waals surface area contributed by atoms with E-state index < -0.39 is 0 Å². The Labute approximate surface area is 152 Å². The first-order chi connectivity index (χ1) is 12.1. The Morgan fingerprint density at radius 3 is 2.76 bits per heavy atom. The van der Waals surface area contributed by atoms with Crippen LogP contribution in [0.2, 0.25) is 0 Å². The molecular weight excluding hydrogens is 340 g/mol. The molecule has 2 aromatic heterocycles. The van der Waals surface area contributed by atoms with Crippen LogP contribution in [0.1, 0.15) is 10.9 Å². The van der Waals surface area contributed by atoms with Crippen molar-refractivity contribution >= 4 is 23.1 Å². The van der Waals surface area contributed by atoms with Gasteiger partial charge in [-0.25, -0.2) is 9.78 Å². The summed E-state index contributed by atoms with van der Waals surface area (Å²) in [6.07, 6.45) is 1.56. The summed E-state index contributed by atoms with van der Waals surface area (Å²) in [7, 11) is 5.61. The van der Waals surface area contributed by atoms with Crippen molar-refractivity contribution in [2.45, 2.75) is 6.04 Å². The molecule has 0 radical (unpaired) electrons. The van der Waals surface area contributed by atoms with Gasteiger partial charge in [-0.1, -0.05) is 6.07 Å². The minimum atomic E-state index is -0.266. The Morgan fingerprint density at radius 1 is 1.32 bits per heavy atom. The molecule has 1 atom stereocenters. The zero-order chi connectivity index (χ0) is 18.1. The van der Waals surface area contributed by atoms with Crippen LogP contribution in [-0.4, -0.2) is 56.9 Å². The second-order valence-corrected chi connectivity index (χ2v) is 6.54. The zero-order valence-electron chi connectivity index (χ0n) is 14.7. The van der Waals surface area contributed by atoms with Gasteiger partial charge in [0.15, 0.2) is 0 Å². The molecule has 7 nitrogen and oxygen atoms in total. The van der Waals surface area contributed by atoms with Crippen LogP contribution in [0.25, 0.3) is 0 Å². The summed E-state index contributed by atoms with van der Waals surface area (Å²) >= 11 is 1.68. The van der Waals surface area contributed by atoms with Crippen LogP contribution >= 0.6 is 11.3 Å². The Hall–Kier alpha value is -2.16. The third-order valence-corrected chi connectivity index (χ3v) is 4.46. The van der Waals surface area contributed by atoms with E-state index in [1.165, 1.54) is 4.88 Å². The molecule has 0 aliphatic heterocycles. The van der Waals surface area contributed by atoms with E-state index in [-0.39, 0.29) is 12.1 Å². The molecule has 0 saturated carbocycles. The molecule has 2 amide bonds. The first kappa shape index (κ1) is 19.2. The number of methoxy groups -OCH3 is 1. The van der Waals surface area contributed by atoms with Crippen molar-refractivity contribution in [3.63, 3.8) is 0 Å². The minimum absolute atomic E-state index is 0.139. The average Bonchev–Trinajstić information content (AvgIpc) is 3.11. The lowest BCUT2D eigenvalue weighted by atomic mass is 10.2. The number of urea groups is 1. The third-order valence-electron chi connectivity index (χ3n) is 3.48. The van der Waals surface area contributed by atoms with Crippen LogP contribution in [0.4, 0.5) is 10.5 Å². The molecule has 2 aromatic rings. The fraction of sp³-hybridized carbons (Fsp3) is 0.412. The second-order valence-electron chi connectivity index (χ2n) is 5.56. The third kappa shape index (κ3) is 6.33. The molecule has 2 heterocycles. The molecule has 0 fully saturated rings. The van der Waals surface area contributed by atoms with Crippen LogP contribution in [0, 0.1) is 0 Å². The van der Waals surface area contributed by atoms with Crippen molar-refractivity contribution in [1.82, 2.24) is 15.2 Å². The predicted molar refractivity (Wildman–Crippen MR) is 99.4 cm³/mol. The van der Waals surface area contributed by atoms with Crippen molar-refractivity contribution in [3.05, 3.63) is 40.7 Å². The molecule has 8 heteroatoms. The van der Waals surface area contributed by atoms with Gasteiger partial charge in [0.05, 0.1) is 24.5 Å². The lowest BCUT2D eigenvalue weighted by molar-refractivity contribution is 0.144. The molecule has 25 heavy (non-hydrogen) atoms. The highest BCUT2D eigenvalue weighted by atomic mass is 32.1. The first-order valence-electron chi connectivity index (χ1n) is 7.92. The highest BCUT2D eigenvalue weighted by Gasteiger charge is 2.16. The topological polar surface area (TPSA) is 75.7 Å². The number of thiophene rings is 1. The molecular formula is C17H24N4O3S. The van der Waals surface area contributed by atoms with Crippen LogP contribution in [-0.2, 0) is 4.74 Å². The smallest absolute Gasteiger partial charge is 0.319 e. The van der Waals surface area contributed by atoms with E-state index in [1.54, 1.807) is 36.8 Å². The molecule has 2 N–H and O–H groups in total. The summed E-state index contributed by atoms with van der Waals surface area (Å²) in [4.78, 5) is 19.5. The van der Waals surface area contributed by atoms with E-state index in [0.29, 0.717) is 31.3 Å². The van der Waals surface area contributed by atoms with Gasteiger partial charge in [-0.05, 0) is 31.6 Å². The number of carbonyl (C=O) groups excluding carboxylic acids is 1. The van der Waals surface area contributed by atoms with E-state index in [9.17, 15) is 4.79 Å². The van der Waals surface area contributed by atoms with Crippen molar-refractivity contribution in [1.29, 1.82) is 0 Å². The summed E-state index contributed by atoms with van der Waals surface area (Å²) in [5.74, 6) is 0.494. The maximum atomic E-state index is 12.1. The van der Waals surface area contributed by atoms with Crippen molar-refractivity contribution in [2.24, 2.45) is 0 Å². The van der Waals surface area contributed by atoms with Gasteiger partial charge >= 0.3 is 6.03 Å². The average molecular weight is 364 g/mol. The van der Waals surface area contributed by atoms with Gasteiger partial charge in [0.2, 0.25) is 5.88 Å². The van der Waals surface area contributed by atoms with Crippen LogP contribution in [0.3, 0.4) is 0 Å². The number of anilines is 1. The zero-order valence-corrected chi connectivity index (χ0v) is 15.5. The van der Waals surface area contributed by atoms with Crippen molar-refractivity contribution < 1.29 is 14.3 Å². The number of carbonyl (C=O) groups is 1. The highest BCUT2D eigenvalue weighted by molar-refractivity contribution is 7.10. The maximum absolute atomic E-state index is 12.1. The molecule has 1 unspecified atom stereocenters. The molecule has 0 bridgehead atoms. The number of likely N-dealkylation sites (N-methyl/N-ethyl adjacent to an activating group) is 1. The first-order valence-corrected chi connectivity index (χ1v) is 8.80. The summed E-state index contributed by atoms with van der Waals surface area (Å²) in [5, 5.41) is 7.70. The lowest BCUT2D eigenvalue weighted by Gasteiger charge is -2.23. The molecule has 0 spiro atoms. The number of hydrogen-bond donors (Lipinski definition) is 2. The fourth-order valence-electron chi connectivity index (χ4n) is 2.15. The molecule has 0 aliphatic rings. The number of hydrogen-bond acceptors (Lipinski definition) is 6. The predicted octanol–water partition coefficient (Wildman–Crippen LogP) is 2.59. The van der Waals surface area contributed by atoms with Gasteiger partial charge in [-0.2, -0.15) is 0 Å². The second kappa shape index (κ2) is 9.97. The Bertz CT molecular complexity index is 632. The Kier molecular flexibility index (Phi) is 7.65. The van der Waals surface area contributed by atoms with Gasteiger partial charge in [0.1, 0.15) is 6.61 Å². The Balaban J connectivity index is 1.81. The monoisotopic (exact) mass is 364 g/mol. The summed E-state index contributed by atoms with van der Waals surface area (Å²) in [5.41, 5.74) is 0.606. The Morgan fingerprint density at radius 2 is 2.16 bits per heavy atom. The minimum Gasteiger partial charge on any atom is -0.475 e. The number of amides is 2. The lowest BCUT2D eigenvalue weighted by Crippen LogP contribution is -2.36. The van der Waals surface area contributed by atoms with Crippen molar-refractivity contribution in [2.75, 3.05) is 46.3 Å². The highest BCUT2D eigenvalue weighted by Crippen LogP contribution is 2.22. The molecule has 136 valence electrons. The van der Waals surface area contributed by atoms with Crippen LogP contribution < -0.4 is 15.4 Å². The van der Waals surface area contributed by atoms with Crippen LogP contribution in [0.15, 0.2) is 35.8 Å². The van der Waals surface area contributed by atoms with E-state index in [4.69, 9.17) is 9.47 Å². The molecule has 0 aromatic carbocycles. The quantitative estimate of drug-likeness (QED) is 0.669. The normalized spacial score (nSPS) is 12.0. The number of nitrogens with one attached hydrogen (secondary N) is 2. The molecule has 0 saturated heterocycles. The number of aromatic nitrogens is 1. The fourth-order valence-corrected chi connectivity index (χ4v) is 3.08. The number of pyridine rings is 1. The maximum Gasteiger partial charge on any atom is 0.319 e. The number of nitrogens with zero attached hydrogens (tertiary/aromatic N) is 2. The van der Waals surface area contributed by atoms with E-state index in [1.807, 2.05) is 25.5 Å². The van der Waals surface area contributed by atoms with Crippen LogP contribution in [0.5, 0.6) is 5.88 Å². The number of rotatable bonds is 9.